The van der Waals surface area contributed by atoms with Gasteiger partial charge in [0.05, 0.1) is 10.6 Å². The highest BCUT2D eigenvalue weighted by atomic mass is 32.2. The molecule has 0 bridgehead atoms. The van der Waals surface area contributed by atoms with E-state index in [9.17, 15) is 4.79 Å². The van der Waals surface area contributed by atoms with Crippen molar-refractivity contribution in [1.82, 2.24) is 4.98 Å². The Hall–Kier alpha value is -0.550. The van der Waals surface area contributed by atoms with Crippen molar-refractivity contribution in [3.05, 3.63) is 10.6 Å². The lowest BCUT2D eigenvalue weighted by Gasteiger charge is -2.30. The fourth-order valence-corrected chi connectivity index (χ4v) is 4.51. The van der Waals surface area contributed by atoms with Gasteiger partial charge in [0.15, 0.2) is 10.9 Å². The van der Waals surface area contributed by atoms with Crippen molar-refractivity contribution in [2.24, 2.45) is 0 Å². The van der Waals surface area contributed by atoms with Crippen molar-refractivity contribution in [3.8, 4) is 0 Å². The molecular weight excluding hydrogens is 252 g/mol. The van der Waals surface area contributed by atoms with Gasteiger partial charge >= 0.3 is 0 Å². The molecule has 3 nitrogen and oxygen atoms in total. The Morgan fingerprint density at radius 1 is 1.41 bits per heavy atom. The first kappa shape index (κ1) is 11.5. The number of hydrogen-bond donors (Lipinski definition) is 0. The summed E-state index contributed by atoms with van der Waals surface area (Å²) in [4.78, 5) is 19.7. The third-order valence-corrected chi connectivity index (χ3v) is 5.60. The minimum atomic E-state index is 0.300. The normalized spacial score (nSPS) is 24.9. The van der Waals surface area contributed by atoms with Crippen LogP contribution in [0.3, 0.4) is 0 Å². The molecular formula is C12H16N2OS2. The highest BCUT2D eigenvalue weighted by Gasteiger charge is 2.26. The first-order valence-corrected chi connectivity index (χ1v) is 8.00. The number of hydrogen-bond acceptors (Lipinski definition) is 5. The molecule has 1 aliphatic carbocycles. The molecule has 1 aliphatic heterocycles. The summed E-state index contributed by atoms with van der Waals surface area (Å²) in [6.45, 7) is 4.39. The number of Topliss-reactive ketones (excluding diaryl/α,β-unsaturated/α-hetero) is 1. The number of aryl methyl sites for hydroxylation is 1. The van der Waals surface area contributed by atoms with Crippen LogP contribution in [0, 0.1) is 0 Å². The molecule has 1 unspecified atom stereocenters. The van der Waals surface area contributed by atoms with Crippen LogP contribution in [-0.2, 0) is 6.42 Å². The Balaban J connectivity index is 1.86. The van der Waals surface area contributed by atoms with Crippen LogP contribution in [0.1, 0.15) is 35.1 Å². The maximum absolute atomic E-state index is 11.8. The van der Waals surface area contributed by atoms with Gasteiger partial charge in [-0.2, -0.15) is 11.8 Å². The summed E-state index contributed by atoms with van der Waals surface area (Å²) >= 11 is 3.63. The second-order valence-corrected chi connectivity index (χ2v) is 7.20. The first-order chi connectivity index (χ1) is 8.24. The second kappa shape index (κ2) is 4.61. The van der Waals surface area contributed by atoms with Gasteiger partial charge in [-0.05, 0) is 12.8 Å². The van der Waals surface area contributed by atoms with Crippen molar-refractivity contribution >= 4 is 34.0 Å². The van der Waals surface area contributed by atoms with Crippen molar-refractivity contribution in [3.63, 3.8) is 0 Å². The summed E-state index contributed by atoms with van der Waals surface area (Å²) in [7, 11) is 0. The van der Waals surface area contributed by atoms with Gasteiger partial charge in [-0.3, -0.25) is 4.79 Å². The smallest absolute Gasteiger partial charge is 0.186 e. The zero-order chi connectivity index (χ0) is 11.8. The molecule has 2 heterocycles. The number of thioether (sulfide) groups is 1. The largest absolute Gasteiger partial charge is 0.346 e. The maximum atomic E-state index is 11.8. The lowest BCUT2D eigenvalue weighted by atomic mass is 10.0. The molecule has 0 aromatic carbocycles. The lowest BCUT2D eigenvalue weighted by molar-refractivity contribution is 0.0976. The van der Waals surface area contributed by atoms with E-state index in [4.69, 9.17) is 0 Å². The Morgan fingerprint density at radius 2 is 2.29 bits per heavy atom. The number of aromatic nitrogens is 1. The standard InChI is InChI=1S/C12H16N2OS2/c1-8-7-14(5-6-16-8)12-13-9-3-2-4-10(15)11(9)17-12/h8H,2-7H2,1H3. The number of fused-ring (bicyclic) bond motifs is 1. The van der Waals surface area contributed by atoms with Crippen LogP contribution >= 0.6 is 23.1 Å². The van der Waals surface area contributed by atoms with Gasteiger partial charge < -0.3 is 4.90 Å². The lowest BCUT2D eigenvalue weighted by Crippen LogP contribution is -2.36. The molecule has 5 heteroatoms. The number of carbonyl (C=O) groups excluding carboxylic acids is 1. The monoisotopic (exact) mass is 268 g/mol. The number of anilines is 1. The van der Waals surface area contributed by atoms with Gasteiger partial charge in [0.25, 0.3) is 0 Å². The van der Waals surface area contributed by atoms with E-state index in [1.165, 1.54) is 5.75 Å². The summed E-state index contributed by atoms with van der Waals surface area (Å²) in [5.41, 5.74) is 1.05. The predicted molar refractivity (Wildman–Crippen MR) is 73.5 cm³/mol. The topological polar surface area (TPSA) is 33.2 Å². The minimum Gasteiger partial charge on any atom is -0.346 e. The van der Waals surface area contributed by atoms with Crippen LogP contribution in [0.2, 0.25) is 0 Å². The van der Waals surface area contributed by atoms with Crippen molar-refractivity contribution in [2.75, 3.05) is 23.7 Å². The maximum Gasteiger partial charge on any atom is 0.186 e. The van der Waals surface area contributed by atoms with Crippen molar-refractivity contribution in [2.45, 2.75) is 31.4 Å². The molecule has 1 saturated heterocycles. The summed E-state index contributed by atoms with van der Waals surface area (Å²) in [5, 5.41) is 1.73. The van der Waals surface area contributed by atoms with E-state index < -0.39 is 0 Å². The highest BCUT2D eigenvalue weighted by Crippen LogP contribution is 2.33. The van der Waals surface area contributed by atoms with E-state index in [1.54, 1.807) is 11.3 Å². The van der Waals surface area contributed by atoms with Crippen LogP contribution in [0.25, 0.3) is 0 Å². The molecule has 2 aliphatic rings. The summed E-state index contributed by atoms with van der Waals surface area (Å²) in [6, 6.07) is 0. The van der Waals surface area contributed by atoms with E-state index in [0.29, 0.717) is 17.5 Å². The molecule has 1 atom stereocenters. The quantitative estimate of drug-likeness (QED) is 0.784. The van der Waals surface area contributed by atoms with E-state index in [-0.39, 0.29) is 0 Å². The number of carbonyl (C=O) groups is 1. The molecule has 0 radical (unpaired) electrons. The van der Waals surface area contributed by atoms with E-state index in [2.05, 4.69) is 16.8 Å². The predicted octanol–water partition coefficient (Wildman–Crippen LogP) is 2.60. The summed E-state index contributed by atoms with van der Waals surface area (Å²) in [6.07, 6.45) is 2.66. The molecule has 1 aromatic heterocycles. The average molecular weight is 268 g/mol. The van der Waals surface area contributed by atoms with Crippen LogP contribution in [-0.4, -0.2) is 34.9 Å². The summed E-state index contributed by atoms with van der Waals surface area (Å²) < 4.78 is 0. The van der Waals surface area contributed by atoms with Gasteiger partial charge in [-0.15, -0.1) is 0 Å². The number of rotatable bonds is 1. The fraction of sp³-hybridized carbons (Fsp3) is 0.667. The summed E-state index contributed by atoms with van der Waals surface area (Å²) in [5.74, 6) is 1.47. The van der Waals surface area contributed by atoms with Crippen LogP contribution < -0.4 is 4.90 Å². The van der Waals surface area contributed by atoms with E-state index in [1.807, 2.05) is 11.8 Å². The van der Waals surface area contributed by atoms with Gasteiger partial charge in [0.2, 0.25) is 0 Å². The molecule has 17 heavy (non-hydrogen) atoms. The third kappa shape index (κ3) is 2.22. The van der Waals surface area contributed by atoms with E-state index in [0.717, 1.165) is 41.6 Å². The molecule has 3 rings (SSSR count). The Morgan fingerprint density at radius 3 is 3.06 bits per heavy atom. The highest BCUT2D eigenvalue weighted by molar-refractivity contribution is 8.00. The van der Waals surface area contributed by atoms with Crippen molar-refractivity contribution < 1.29 is 4.79 Å². The Kier molecular flexibility index (Phi) is 3.13. The SMILES string of the molecule is CC1CN(c2nc3c(s2)C(=O)CCC3)CCS1. The Bertz CT molecular complexity index is 444. The van der Waals surface area contributed by atoms with Gasteiger partial charge in [-0.1, -0.05) is 18.3 Å². The molecule has 92 valence electrons. The van der Waals surface area contributed by atoms with Crippen LogP contribution in [0.15, 0.2) is 0 Å². The zero-order valence-corrected chi connectivity index (χ0v) is 11.6. The second-order valence-electron chi connectivity index (χ2n) is 4.68. The molecule has 0 saturated carbocycles. The number of nitrogens with zero attached hydrogens (tertiary/aromatic N) is 2. The zero-order valence-electron chi connectivity index (χ0n) is 9.94. The average Bonchev–Trinajstić information content (AvgIpc) is 2.74. The number of ketones is 1. The van der Waals surface area contributed by atoms with Crippen LogP contribution in [0.4, 0.5) is 5.13 Å². The molecule has 1 fully saturated rings. The molecule has 1 aromatic rings. The minimum absolute atomic E-state index is 0.300. The van der Waals surface area contributed by atoms with Gasteiger partial charge in [-0.25, -0.2) is 4.98 Å². The molecule has 0 amide bonds. The molecule has 0 spiro atoms. The van der Waals surface area contributed by atoms with E-state index >= 15 is 0 Å². The Labute approximate surface area is 110 Å². The third-order valence-electron chi connectivity index (χ3n) is 3.27. The number of thiazole rings is 1. The first-order valence-electron chi connectivity index (χ1n) is 6.13. The van der Waals surface area contributed by atoms with Crippen LogP contribution in [0.5, 0.6) is 0 Å². The molecule has 0 N–H and O–H groups in total. The van der Waals surface area contributed by atoms with Crippen molar-refractivity contribution in [1.29, 1.82) is 0 Å². The van der Waals surface area contributed by atoms with Gasteiger partial charge in [0, 0.05) is 30.5 Å². The van der Waals surface area contributed by atoms with Gasteiger partial charge in [0.1, 0.15) is 0 Å². The fourth-order valence-electron chi connectivity index (χ4n) is 2.38.